The van der Waals surface area contributed by atoms with E-state index in [4.69, 9.17) is 4.52 Å². The molecule has 0 aliphatic heterocycles. The molecule has 18 heavy (non-hydrogen) atoms. The van der Waals surface area contributed by atoms with E-state index in [1.54, 1.807) is 0 Å². The highest BCUT2D eigenvalue weighted by atomic mass is 32.1. The van der Waals surface area contributed by atoms with Crippen LogP contribution >= 0.6 is 12.6 Å². The zero-order valence-corrected chi connectivity index (χ0v) is 10.6. The zero-order valence-electron chi connectivity index (χ0n) is 9.67. The molecule has 1 N–H and O–H groups in total. The van der Waals surface area contributed by atoms with E-state index >= 15 is 0 Å². The largest absolute Gasteiger partial charge is 0.355 e. The van der Waals surface area contributed by atoms with Crippen LogP contribution in [0.25, 0.3) is 0 Å². The van der Waals surface area contributed by atoms with Crippen molar-refractivity contribution in [3.63, 3.8) is 0 Å². The summed E-state index contributed by atoms with van der Waals surface area (Å²) in [4.78, 5) is 16.4. The molecule has 1 heterocycles. The van der Waals surface area contributed by atoms with Gasteiger partial charge in [0, 0.05) is 17.9 Å². The SMILES string of the molecule is O=C(Cc1ccc(S)cc1)NCCc1ncno1. The summed E-state index contributed by atoms with van der Waals surface area (Å²) in [5.41, 5.74) is 0.961. The normalized spacial score (nSPS) is 10.3. The Morgan fingerprint density at radius 1 is 1.33 bits per heavy atom. The molecule has 0 atom stereocenters. The number of thiol groups is 1. The van der Waals surface area contributed by atoms with Crippen molar-refractivity contribution in [1.29, 1.82) is 0 Å². The van der Waals surface area contributed by atoms with Crippen molar-refractivity contribution in [2.45, 2.75) is 17.7 Å². The Morgan fingerprint density at radius 3 is 2.78 bits per heavy atom. The topological polar surface area (TPSA) is 68.0 Å². The third-order valence-electron chi connectivity index (χ3n) is 2.37. The Balaban J connectivity index is 1.73. The highest BCUT2D eigenvalue weighted by Gasteiger charge is 2.04. The number of nitrogens with zero attached hydrogens (tertiary/aromatic N) is 2. The Kier molecular flexibility index (Phi) is 4.35. The van der Waals surface area contributed by atoms with E-state index < -0.39 is 0 Å². The highest BCUT2D eigenvalue weighted by Crippen LogP contribution is 2.08. The van der Waals surface area contributed by atoms with Gasteiger partial charge in [0.25, 0.3) is 0 Å². The number of nitrogens with one attached hydrogen (secondary N) is 1. The van der Waals surface area contributed by atoms with Gasteiger partial charge in [0.1, 0.15) is 0 Å². The van der Waals surface area contributed by atoms with Gasteiger partial charge < -0.3 is 9.84 Å². The van der Waals surface area contributed by atoms with Crippen molar-refractivity contribution < 1.29 is 9.32 Å². The lowest BCUT2D eigenvalue weighted by Gasteiger charge is -2.03. The minimum absolute atomic E-state index is 0.0265. The molecule has 0 unspecified atom stereocenters. The minimum atomic E-state index is -0.0265. The number of rotatable bonds is 5. The summed E-state index contributed by atoms with van der Waals surface area (Å²) in [5, 5.41) is 6.29. The van der Waals surface area contributed by atoms with E-state index in [9.17, 15) is 4.79 Å². The fourth-order valence-electron chi connectivity index (χ4n) is 1.48. The van der Waals surface area contributed by atoms with Crippen LogP contribution in [0, 0.1) is 0 Å². The molecule has 1 amide bonds. The maximum Gasteiger partial charge on any atom is 0.228 e. The van der Waals surface area contributed by atoms with E-state index in [0.29, 0.717) is 25.3 Å². The van der Waals surface area contributed by atoms with E-state index in [1.165, 1.54) is 6.33 Å². The molecular formula is C12H13N3O2S. The third kappa shape index (κ3) is 3.89. The fraction of sp³-hybridized carbons (Fsp3) is 0.250. The molecule has 1 aromatic heterocycles. The Morgan fingerprint density at radius 2 is 2.11 bits per heavy atom. The van der Waals surface area contributed by atoms with Gasteiger partial charge in [-0.2, -0.15) is 4.98 Å². The molecule has 0 spiro atoms. The molecule has 0 fully saturated rings. The zero-order chi connectivity index (χ0) is 12.8. The van der Waals surface area contributed by atoms with E-state index in [1.807, 2.05) is 24.3 Å². The molecule has 0 radical (unpaired) electrons. The number of benzene rings is 1. The summed E-state index contributed by atoms with van der Waals surface area (Å²) < 4.78 is 4.83. The predicted octanol–water partition coefficient (Wildman–Crippen LogP) is 1.26. The van der Waals surface area contributed by atoms with Crippen molar-refractivity contribution in [3.05, 3.63) is 42.0 Å². The van der Waals surface area contributed by atoms with E-state index in [-0.39, 0.29) is 5.91 Å². The van der Waals surface area contributed by atoms with Crippen LogP contribution in [-0.2, 0) is 17.6 Å². The average Bonchev–Trinajstić information content (AvgIpc) is 2.85. The molecule has 2 rings (SSSR count). The minimum Gasteiger partial charge on any atom is -0.355 e. The Hall–Kier alpha value is -1.82. The summed E-state index contributed by atoms with van der Waals surface area (Å²) >= 11 is 4.19. The van der Waals surface area contributed by atoms with Gasteiger partial charge in [-0.3, -0.25) is 4.79 Å². The smallest absolute Gasteiger partial charge is 0.228 e. The first-order valence-electron chi connectivity index (χ1n) is 5.54. The fourth-order valence-corrected chi connectivity index (χ4v) is 1.63. The second-order valence-electron chi connectivity index (χ2n) is 3.78. The second kappa shape index (κ2) is 6.20. The van der Waals surface area contributed by atoms with Crippen LogP contribution in [0.1, 0.15) is 11.5 Å². The van der Waals surface area contributed by atoms with Crippen LogP contribution in [0.15, 0.2) is 40.0 Å². The molecular weight excluding hydrogens is 250 g/mol. The first-order chi connectivity index (χ1) is 8.74. The van der Waals surface area contributed by atoms with Crippen LogP contribution < -0.4 is 5.32 Å². The average molecular weight is 263 g/mol. The number of aromatic nitrogens is 2. The second-order valence-corrected chi connectivity index (χ2v) is 4.29. The maximum absolute atomic E-state index is 11.6. The van der Waals surface area contributed by atoms with Gasteiger partial charge in [-0.05, 0) is 17.7 Å². The Bertz CT molecular complexity index is 497. The van der Waals surface area contributed by atoms with Gasteiger partial charge in [0.2, 0.25) is 11.8 Å². The number of carbonyl (C=O) groups excluding carboxylic acids is 1. The summed E-state index contributed by atoms with van der Waals surface area (Å²) in [6.07, 6.45) is 2.25. The number of amides is 1. The van der Waals surface area contributed by atoms with E-state index in [0.717, 1.165) is 10.5 Å². The van der Waals surface area contributed by atoms with Gasteiger partial charge in [-0.15, -0.1) is 12.6 Å². The van der Waals surface area contributed by atoms with Crippen molar-refractivity contribution in [3.8, 4) is 0 Å². The number of hydrogen-bond donors (Lipinski definition) is 2. The molecule has 2 aromatic rings. The molecule has 0 saturated heterocycles. The Labute approximate surface area is 110 Å². The predicted molar refractivity (Wildman–Crippen MR) is 68.4 cm³/mol. The maximum atomic E-state index is 11.6. The summed E-state index contributed by atoms with van der Waals surface area (Å²) in [7, 11) is 0. The number of carbonyl (C=O) groups is 1. The quantitative estimate of drug-likeness (QED) is 0.797. The van der Waals surface area contributed by atoms with Crippen molar-refractivity contribution in [2.24, 2.45) is 0 Å². The highest BCUT2D eigenvalue weighted by molar-refractivity contribution is 7.80. The van der Waals surface area contributed by atoms with Crippen LogP contribution in [0.4, 0.5) is 0 Å². The molecule has 1 aromatic carbocycles. The van der Waals surface area contributed by atoms with Crippen LogP contribution in [-0.4, -0.2) is 22.6 Å². The molecule has 94 valence electrons. The molecule has 0 saturated carbocycles. The lowest BCUT2D eigenvalue weighted by atomic mass is 10.1. The molecule has 6 heteroatoms. The lowest BCUT2D eigenvalue weighted by molar-refractivity contribution is -0.120. The van der Waals surface area contributed by atoms with Crippen molar-refractivity contribution in [1.82, 2.24) is 15.5 Å². The molecule has 5 nitrogen and oxygen atoms in total. The van der Waals surface area contributed by atoms with Gasteiger partial charge >= 0.3 is 0 Å². The van der Waals surface area contributed by atoms with Crippen LogP contribution in [0.3, 0.4) is 0 Å². The first kappa shape index (κ1) is 12.6. The first-order valence-corrected chi connectivity index (χ1v) is 5.99. The standard InChI is InChI=1S/C12H13N3O2S/c16-11(7-9-1-3-10(18)4-2-9)13-6-5-12-14-8-15-17-12/h1-4,8,18H,5-7H2,(H,13,16). The van der Waals surface area contributed by atoms with Gasteiger partial charge in [-0.1, -0.05) is 17.3 Å². The summed E-state index contributed by atoms with van der Waals surface area (Å²) in [6, 6.07) is 7.51. The van der Waals surface area contributed by atoms with Gasteiger partial charge in [0.05, 0.1) is 6.42 Å². The van der Waals surface area contributed by atoms with Gasteiger partial charge in [0.15, 0.2) is 6.33 Å². The van der Waals surface area contributed by atoms with Crippen molar-refractivity contribution >= 4 is 18.5 Å². The molecule has 0 bridgehead atoms. The van der Waals surface area contributed by atoms with Crippen LogP contribution in [0.5, 0.6) is 0 Å². The summed E-state index contributed by atoms with van der Waals surface area (Å²) in [5.74, 6) is 0.496. The molecule has 0 aliphatic rings. The monoisotopic (exact) mass is 263 g/mol. The summed E-state index contributed by atoms with van der Waals surface area (Å²) in [6.45, 7) is 0.492. The van der Waals surface area contributed by atoms with Crippen LogP contribution in [0.2, 0.25) is 0 Å². The van der Waals surface area contributed by atoms with E-state index in [2.05, 4.69) is 28.1 Å². The lowest BCUT2D eigenvalue weighted by Crippen LogP contribution is -2.27. The number of hydrogen-bond acceptors (Lipinski definition) is 5. The third-order valence-corrected chi connectivity index (χ3v) is 2.67. The molecule has 0 aliphatic carbocycles. The van der Waals surface area contributed by atoms with Gasteiger partial charge in [-0.25, -0.2) is 0 Å². The van der Waals surface area contributed by atoms with Crippen molar-refractivity contribution in [2.75, 3.05) is 6.54 Å².